The summed E-state index contributed by atoms with van der Waals surface area (Å²) in [4.78, 5) is 12.3. The number of nitrogens with two attached hydrogens (primary N) is 1. The molecule has 3 fully saturated rings. The third-order valence-corrected chi connectivity index (χ3v) is 5.53. The molecule has 4 rings (SSSR count). The number of carbonyl (C=O) groups excluding carboxylic acids is 1. The molecule has 3 nitrogen and oxygen atoms in total. The van der Waals surface area contributed by atoms with Crippen molar-refractivity contribution in [2.45, 2.75) is 25.3 Å². The minimum Gasteiger partial charge on any atom is -0.398 e. The number of hydrogen-bond donors (Lipinski definition) is 2. The summed E-state index contributed by atoms with van der Waals surface area (Å²) in [7, 11) is 0. The smallest absolute Gasteiger partial charge is 0.253 e. The molecule has 1 aromatic rings. The Morgan fingerprint density at radius 1 is 1.26 bits per heavy atom. The normalized spacial score (nSPS) is 38.1. The summed E-state index contributed by atoms with van der Waals surface area (Å²) in [5.74, 6) is 3.17. The van der Waals surface area contributed by atoms with Crippen LogP contribution in [0.5, 0.6) is 0 Å². The molecule has 1 amide bonds. The summed E-state index contributed by atoms with van der Waals surface area (Å²) in [6.07, 6.45) is 4.12. The summed E-state index contributed by atoms with van der Waals surface area (Å²) in [5, 5.41) is 3.74. The first-order chi connectivity index (χ1) is 9.15. The zero-order chi connectivity index (χ0) is 13.1. The average molecular weight is 277 g/mol. The van der Waals surface area contributed by atoms with Crippen molar-refractivity contribution in [2.75, 3.05) is 5.73 Å². The predicted molar refractivity (Wildman–Crippen MR) is 74.9 cm³/mol. The van der Waals surface area contributed by atoms with Crippen LogP contribution in [0.1, 0.15) is 29.6 Å². The van der Waals surface area contributed by atoms with Crippen LogP contribution in [0.15, 0.2) is 18.2 Å². The van der Waals surface area contributed by atoms with Crippen LogP contribution in [0.4, 0.5) is 5.69 Å². The molecule has 2 bridgehead atoms. The highest BCUT2D eigenvalue weighted by Crippen LogP contribution is 2.65. The lowest BCUT2D eigenvalue weighted by Crippen LogP contribution is -2.30. The number of nitrogen functional groups attached to an aromatic ring is 1. The molecule has 1 aromatic carbocycles. The lowest BCUT2D eigenvalue weighted by molar-refractivity contribution is 0.0945. The lowest BCUT2D eigenvalue weighted by Gasteiger charge is -2.11. The topological polar surface area (TPSA) is 55.1 Å². The minimum absolute atomic E-state index is 0.0482. The minimum atomic E-state index is -0.0482. The summed E-state index contributed by atoms with van der Waals surface area (Å²) in [6, 6.07) is 5.45. The molecule has 3 N–H and O–H groups in total. The molecule has 100 valence electrons. The van der Waals surface area contributed by atoms with Gasteiger partial charge in [-0.25, -0.2) is 0 Å². The lowest BCUT2D eigenvalue weighted by atomic mass is 10.0. The molecule has 0 heterocycles. The highest BCUT2D eigenvalue weighted by atomic mass is 35.5. The standard InChI is InChI=1S/C15H17ClN2O/c16-9-3-4-10(11(17)6-9)15(19)18-14-12-7-1-2-8(5-7)13(12)14/h3-4,6-8,12-14H,1-2,5,17H2,(H,18,19). The van der Waals surface area contributed by atoms with E-state index in [2.05, 4.69) is 5.32 Å². The zero-order valence-electron chi connectivity index (χ0n) is 10.6. The van der Waals surface area contributed by atoms with Gasteiger partial charge in [0.25, 0.3) is 5.91 Å². The van der Waals surface area contributed by atoms with Gasteiger partial charge in [-0.2, -0.15) is 0 Å². The highest BCUT2D eigenvalue weighted by molar-refractivity contribution is 6.31. The van der Waals surface area contributed by atoms with Gasteiger partial charge < -0.3 is 11.1 Å². The molecular weight excluding hydrogens is 260 g/mol. The third-order valence-electron chi connectivity index (χ3n) is 5.29. The number of nitrogens with one attached hydrogen (secondary N) is 1. The highest BCUT2D eigenvalue weighted by Gasteiger charge is 2.65. The number of amides is 1. The van der Waals surface area contributed by atoms with E-state index in [1.807, 2.05) is 0 Å². The molecule has 3 saturated carbocycles. The Bertz CT molecular complexity index is 543. The van der Waals surface area contributed by atoms with Crippen LogP contribution < -0.4 is 11.1 Å². The summed E-state index contributed by atoms with van der Waals surface area (Å²) in [5.41, 5.74) is 6.86. The second-order valence-corrected chi connectivity index (χ2v) is 6.66. The molecule has 19 heavy (non-hydrogen) atoms. The van der Waals surface area contributed by atoms with E-state index in [-0.39, 0.29) is 5.91 Å². The van der Waals surface area contributed by atoms with Crippen molar-refractivity contribution in [3.63, 3.8) is 0 Å². The first kappa shape index (κ1) is 11.6. The quantitative estimate of drug-likeness (QED) is 0.816. The van der Waals surface area contributed by atoms with E-state index in [9.17, 15) is 4.79 Å². The number of anilines is 1. The molecule has 0 spiro atoms. The number of hydrogen-bond acceptors (Lipinski definition) is 2. The molecule has 0 saturated heterocycles. The Balaban J connectivity index is 1.48. The molecule has 4 heteroatoms. The largest absolute Gasteiger partial charge is 0.398 e. The van der Waals surface area contributed by atoms with Crippen LogP contribution in [0.2, 0.25) is 5.02 Å². The maximum atomic E-state index is 12.3. The molecule has 3 aliphatic rings. The van der Waals surface area contributed by atoms with Crippen LogP contribution in [0.3, 0.4) is 0 Å². The van der Waals surface area contributed by atoms with E-state index in [4.69, 9.17) is 17.3 Å². The molecule has 0 radical (unpaired) electrons. The second-order valence-electron chi connectivity index (χ2n) is 6.22. The number of halogens is 1. The van der Waals surface area contributed by atoms with Gasteiger partial charge in [0, 0.05) is 16.8 Å². The van der Waals surface area contributed by atoms with Crippen molar-refractivity contribution < 1.29 is 4.79 Å². The van der Waals surface area contributed by atoms with Crippen LogP contribution >= 0.6 is 11.6 Å². The fourth-order valence-electron chi connectivity index (χ4n) is 4.49. The number of rotatable bonds is 2. The Hall–Kier alpha value is -1.22. The van der Waals surface area contributed by atoms with Gasteiger partial charge in [-0.3, -0.25) is 4.79 Å². The van der Waals surface area contributed by atoms with Crippen molar-refractivity contribution in [2.24, 2.45) is 23.7 Å². The van der Waals surface area contributed by atoms with Gasteiger partial charge in [0.2, 0.25) is 0 Å². The molecule has 4 unspecified atom stereocenters. The van der Waals surface area contributed by atoms with Gasteiger partial charge in [0.05, 0.1) is 5.56 Å². The molecule has 3 aliphatic carbocycles. The predicted octanol–water partition coefficient (Wildman–Crippen LogP) is 2.70. The Labute approximate surface area is 117 Å². The first-order valence-corrected chi connectivity index (χ1v) is 7.39. The van der Waals surface area contributed by atoms with Crippen LogP contribution in [-0.2, 0) is 0 Å². The summed E-state index contributed by atoms with van der Waals surface area (Å²) < 4.78 is 0. The van der Waals surface area contributed by atoms with Crippen molar-refractivity contribution in [1.29, 1.82) is 0 Å². The van der Waals surface area contributed by atoms with Gasteiger partial charge >= 0.3 is 0 Å². The Kier molecular flexibility index (Phi) is 2.37. The van der Waals surface area contributed by atoms with Crippen LogP contribution in [0.25, 0.3) is 0 Å². The summed E-state index contributed by atoms with van der Waals surface area (Å²) >= 11 is 5.85. The van der Waals surface area contributed by atoms with Gasteiger partial charge in [0.1, 0.15) is 0 Å². The van der Waals surface area contributed by atoms with Gasteiger partial charge in [-0.1, -0.05) is 11.6 Å². The maximum absolute atomic E-state index is 12.3. The fourth-order valence-corrected chi connectivity index (χ4v) is 4.67. The zero-order valence-corrected chi connectivity index (χ0v) is 11.4. The van der Waals surface area contributed by atoms with Crippen molar-refractivity contribution in [3.8, 4) is 0 Å². The van der Waals surface area contributed by atoms with Crippen molar-refractivity contribution >= 4 is 23.2 Å². The number of benzene rings is 1. The van der Waals surface area contributed by atoms with E-state index in [1.54, 1.807) is 18.2 Å². The molecule has 0 aromatic heterocycles. The number of fused-ring (bicyclic) bond motifs is 5. The SMILES string of the molecule is Nc1cc(Cl)ccc1C(=O)NC1C2C3CCC(C3)C12. The monoisotopic (exact) mass is 276 g/mol. The second kappa shape index (κ2) is 3.89. The van der Waals surface area contributed by atoms with Crippen molar-refractivity contribution in [1.82, 2.24) is 5.32 Å². The third kappa shape index (κ3) is 1.68. The maximum Gasteiger partial charge on any atom is 0.253 e. The van der Waals surface area contributed by atoms with E-state index in [0.717, 1.165) is 23.7 Å². The fraction of sp³-hybridized carbons (Fsp3) is 0.533. The van der Waals surface area contributed by atoms with Gasteiger partial charge in [0.15, 0.2) is 0 Å². The number of carbonyl (C=O) groups is 1. The van der Waals surface area contributed by atoms with E-state index >= 15 is 0 Å². The molecule has 0 aliphatic heterocycles. The van der Waals surface area contributed by atoms with E-state index in [0.29, 0.717) is 22.3 Å². The Morgan fingerprint density at radius 2 is 1.95 bits per heavy atom. The first-order valence-electron chi connectivity index (χ1n) is 7.01. The molecular formula is C15H17ClN2O. The summed E-state index contributed by atoms with van der Waals surface area (Å²) in [6.45, 7) is 0. The van der Waals surface area contributed by atoms with Crippen molar-refractivity contribution in [3.05, 3.63) is 28.8 Å². The molecule has 4 atom stereocenters. The van der Waals surface area contributed by atoms with E-state index in [1.165, 1.54) is 19.3 Å². The van der Waals surface area contributed by atoms with E-state index < -0.39 is 0 Å². The van der Waals surface area contributed by atoms with Crippen LogP contribution in [0, 0.1) is 23.7 Å². The van der Waals surface area contributed by atoms with Crippen LogP contribution in [-0.4, -0.2) is 11.9 Å². The van der Waals surface area contributed by atoms with Gasteiger partial charge in [-0.05, 0) is 61.1 Å². The van der Waals surface area contributed by atoms with Gasteiger partial charge in [-0.15, -0.1) is 0 Å². The Morgan fingerprint density at radius 3 is 2.58 bits per heavy atom. The average Bonchev–Trinajstić information content (AvgIpc) is 2.78.